The Morgan fingerprint density at radius 1 is 0.949 bits per heavy atom. The van der Waals surface area contributed by atoms with Crippen LogP contribution in [-0.4, -0.2) is 49.5 Å². The highest BCUT2D eigenvalue weighted by Gasteiger charge is 2.27. The molecule has 0 aromatic heterocycles. The van der Waals surface area contributed by atoms with E-state index < -0.39 is 0 Å². The molecule has 1 amide bonds. The summed E-state index contributed by atoms with van der Waals surface area (Å²) in [5, 5.41) is 1.73. The number of carbonyl (C=O) groups is 1. The minimum absolute atomic E-state index is 0.00438. The maximum Gasteiger partial charge on any atom is 0.226 e. The fraction of sp³-hybridized carbons (Fsp3) is 0.406. The van der Waals surface area contributed by atoms with Crippen LogP contribution in [0.25, 0.3) is 0 Å². The number of benzene rings is 3. The molecule has 39 heavy (non-hydrogen) atoms. The summed E-state index contributed by atoms with van der Waals surface area (Å²) in [7, 11) is 3.67. The van der Waals surface area contributed by atoms with Crippen molar-refractivity contribution >= 4 is 40.7 Å². The number of hydrogen-bond acceptors (Lipinski definition) is 3. The number of likely N-dealkylation sites (N-methyl/N-ethyl adjacent to an activating group) is 1. The summed E-state index contributed by atoms with van der Waals surface area (Å²) in [5.74, 6) is 0.872. The van der Waals surface area contributed by atoms with Gasteiger partial charge in [-0.2, -0.15) is 0 Å². The molecule has 2 unspecified atom stereocenters. The molecule has 0 spiro atoms. The molecule has 2 atom stereocenters. The molecular weight excluding hydrogens is 551 g/mol. The van der Waals surface area contributed by atoms with E-state index in [0.29, 0.717) is 34.0 Å². The lowest BCUT2D eigenvalue weighted by Gasteiger charge is -2.37. The zero-order valence-electron chi connectivity index (χ0n) is 22.7. The summed E-state index contributed by atoms with van der Waals surface area (Å²) in [5.41, 5.74) is 3.23. The number of carbonyl (C=O) groups excluding carboxylic acids is 1. The number of hydrogen-bond donors (Lipinski definition) is 0. The van der Waals surface area contributed by atoms with Crippen LogP contribution in [0.3, 0.4) is 0 Å². The number of ether oxygens (including phenoxy) is 1. The largest absolute Gasteiger partial charge is 0.362 e. The van der Waals surface area contributed by atoms with Gasteiger partial charge in [0.05, 0.1) is 16.5 Å². The van der Waals surface area contributed by atoms with Crippen LogP contribution in [0.5, 0.6) is 0 Å². The van der Waals surface area contributed by atoms with Gasteiger partial charge in [-0.25, -0.2) is 0 Å². The fourth-order valence-corrected chi connectivity index (χ4v) is 6.06. The highest BCUT2D eigenvalue weighted by atomic mass is 35.5. The minimum Gasteiger partial charge on any atom is -0.362 e. The summed E-state index contributed by atoms with van der Waals surface area (Å²) in [6.07, 6.45) is 4.65. The third kappa shape index (κ3) is 8.45. The number of likely N-dealkylation sites (tertiary alicyclic amines) is 1. The van der Waals surface area contributed by atoms with Crippen molar-refractivity contribution in [2.24, 2.45) is 5.92 Å². The van der Waals surface area contributed by atoms with E-state index >= 15 is 0 Å². The van der Waals surface area contributed by atoms with Crippen LogP contribution in [0, 0.1) is 5.92 Å². The van der Waals surface area contributed by atoms with Crippen molar-refractivity contribution in [2.75, 3.05) is 33.8 Å². The van der Waals surface area contributed by atoms with E-state index in [1.54, 1.807) is 7.11 Å². The van der Waals surface area contributed by atoms with Gasteiger partial charge in [0.2, 0.25) is 5.91 Å². The van der Waals surface area contributed by atoms with Gasteiger partial charge in [-0.15, -0.1) is 0 Å². The lowest BCUT2D eigenvalue weighted by atomic mass is 9.85. The first-order chi connectivity index (χ1) is 18.8. The molecule has 1 saturated heterocycles. The third-order valence-electron chi connectivity index (χ3n) is 7.79. The normalized spacial score (nSPS) is 16.1. The molecule has 1 aliphatic rings. The average Bonchev–Trinajstić information content (AvgIpc) is 2.94. The van der Waals surface area contributed by atoms with Crippen LogP contribution in [0.4, 0.5) is 0 Å². The molecule has 0 radical (unpaired) electrons. The quantitative estimate of drug-likeness (QED) is 0.226. The van der Waals surface area contributed by atoms with Crippen LogP contribution in [-0.2, 0) is 16.0 Å². The molecule has 4 rings (SSSR count). The van der Waals surface area contributed by atoms with E-state index in [2.05, 4.69) is 29.2 Å². The summed E-state index contributed by atoms with van der Waals surface area (Å²) < 4.78 is 5.86. The number of methoxy groups -OCH3 is 1. The second-order valence-electron chi connectivity index (χ2n) is 10.5. The van der Waals surface area contributed by atoms with Crippen LogP contribution in [0.2, 0.25) is 15.1 Å². The molecule has 0 bridgehead atoms. The summed E-state index contributed by atoms with van der Waals surface area (Å²) >= 11 is 18.7. The first-order valence-electron chi connectivity index (χ1n) is 13.6. The van der Waals surface area contributed by atoms with Crippen molar-refractivity contribution in [3.05, 3.63) is 105 Å². The van der Waals surface area contributed by atoms with Crippen molar-refractivity contribution in [3.8, 4) is 0 Å². The fourth-order valence-electron chi connectivity index (χ4n) is 5.55. The van der Waals surface area contributed by atoms with E-state index in [1.165, 1.54) is 5.56 Å². The highest BCUT2D eigenvalue weighted by molar-refractivity contribution is 6.42. The molecular formula is C32H37Cl3N2O2. The van der Waals surface area contributed by atoms with Crippen molar-refractivity contribution in [1.29, 1.82) is 0 Å². The Hall–Kier alpha value is -2.08. The standard InChI is InChI=1S/C32H37Cl3N2O2/c1-36(31(38)20-24-7-6-10-28(33)19-24)22-27(26-13-14-29(34)30(35)21-26)12-11-23-15-17-37(18-16-23)32(39-2)25-8-4-3-5-9-25/h3-10,13-14,19,21,23,27,32H,11-12,15-18,20,22H2,1-2H3. The van der Waals surface area contributed by atoms with E-state index in [0.717, 1.165) is 49.9 Å². The Labute approximate surface area is 247 Å². The molecule has 4 nitrogen and oxygen atoms in total. The van der Waals surface area contributed by atoms with Crippen LogP contribution in [0.1, 0.15) is 54.5 Å². The zero-order valence-corrected chi connectivity index (χ0v) is 24.9. The van der Waals surface area contributed by atoms with Crippen LogP contribution in [0.15, 0.2) is 72.8 Å². The molecule has 0 N–H and O–H groups in total. The van der Waals surface area contributed by atoms with Gasteiger partial charge in [0.15, 0.2) is 0 Å². The smallest absolute Gasteiger partial charge is 0.226 e. The first-order valence-corrected chi connectivity index (χ1v) is 14.7. The van der Waals surface area contributed by atoms with E-state index in [-0.39, 0.29) is 18.1 Å². The van der Waals surface area contributed by atoms with Crippen molar-refractivity contribution < 1.29 is 9.53 Å². The topological polar surface area (TPSA) is 32.8 Å². The van der Waals surface area contributed by atoms with Gasteiger partial charge in [0.1, 0.15) is 6.23 Å². The van der Waals surface area contributed by atoms with Gasteiger partial charge in [0.25, 0.3) is 0 Å². The van der Waals surface area contributed by atoms with E-state index in [9.17, 15) is 4.79 Å². The van der Waals surface area contributed by atoms with Gasteiger partial charge < -0.3 is 9.64 Å². The molecule has 0 saturated carbocycles. The Balaban J connectivity index is 1.37. The molecule has 1 heterocycles. The van der Waals surface area contributed by atoms with Crippen molar-refractivity contribution in [2.45, 2.75) is 44.2 Å². The number of piperidine rings is 1. The zero-order chi connectivity index (χ0) is 27.8. The van der Waals surface area contributed by atoms with E-state index in [1.807, 2.05) is 60.5 Å². The van der Waals surface area contributed by atoms with Crippen molar-refractivity contribution in [3.63, 3.8) is 0 Å². The first kappa shape index (κ1) is 29.9. The van der Waals surface area contributed by atoms with Gasteiger partial charge in [-0.05, 0) is 72.6 Å². The molecule has 1 fully saturated rings. The predicted molar refractivity (Wildman–Crippen MR) is 162 cm³/mol. The Morgan fingerprint density at radius 3 is 2.36 bits per heavy atom. The number of rotatable bonds is 11. The average molecular weight is 588 g/mol. The maximum atomic E-state index is 13.1. The second-order valence-corrected chi connectivity index (χ2v) is 11.8. The third-order valence-corrected chi connectivity index (χ3v) is 8.77. The second kappa shape index (κ2) is 14.5. The molecule has 7 heteroatoms. The van der Waals surface area contributed by atoms with Crippen LogP contribution >= 0.6 is 34.8 Å². The van der Waals surface area contributed by atoms with Gasteiger partial charge in [-0.3, -0.25) is 9.69 Å². The van der Waals surface area contributed by atoms with E-state index in [4.69, 9.17) is 39.5 Å². The highest BCUT2D eigenvalue weighted by Crippen LogP contribution is 2.34. The van der Waals surface area contributed by atoms with Gasteiger partial charge in [0, 0.05) is 44.7 Å². The summed E-state index contributed by atoms with van der Waals surface area (Å²) in [6.45, 7) is 2.64. The Kier molecular flexibility index (Phi) is 11.1. The van der Waals surface area contributed by atoms with Crippen LogP contribution < -0.4 is 0 Å². The number of halogens is 3. The lowest BCUT2D eigenvalue weighted by Crippen LogP contribution is -2.37. The molecule has 208 valence electrons. The van der Waals surface area contributed by atoms with Gasteiger partial charge >= 0.3 is 0 Å². The number of nitrogens with zero attached hydrogens (tertiary/aromatic N) is 2. The minimum atomic E-state index is -0.00438. The summed E-state index contributed by atoms with van der Waals surface area (Å²) in [4.78, 5) is 17.3. The predicted octanol–water partition coefficient (Wildman–Crippen LogP) is 8.27. The maximum absolute atomic E-state index is 13.1. The summed E-state index contributed by atoms with van der Waals surface area (Å²) in [6, 6.07) is 23.8. The van der Waals surface area contributed by atoms with Gasteiger partial charge in [-0.1, -0.05) is 83.3 Å². The lowest BCUT2D eigenvalue weighted by molar-refractivity contribution is -0.129. The Morgan fingerprint density at radius 2 is 1.69 bits per heavy atom. The van der Waals surface area contributed by atoms with Crippen molar-refractivity contribution in [1.82, 2.24) is 9.80 Å². The Bertz CT molecular complexity index is 1220. The number of amides is 1. The molecule has 3 aromatic carbocycles. The SMILES string of the molecule is COC(c1ccccc1)N1CCC(CCC(CN(C)C(=O)Cc2cccc(Cl)c2)c2ccc(Cl)c(Cl)c2)CC1. The molecule has 3 aromatic rings. The monoisotopic (exact) mass is 586 g/mol. The molecule has 0 aliphatic carbocycles. The molecule has 1 aliphatic heterocycles.